The first-order chi connectivity index (χ1) is 13.7. The van der Waals surface area contributed by atoms with E-state index in [0.717, 1.165) is 36.4 Å². The first-order valence-electron chi connectivity index (χ1n) is 9.32. The second-order valence-electron chi connectivity index (χ2n) is 6.81. The molecule has 0 spiro atoms. The van der Waals surface area contributed by atoms with Crippen LogP contribution in [0.5, 0.6) is 5.75 Å². The molecule has 1 aromatic heterocycles. The highest BCUT2D eigenvalue weighted by Crippen LogP contribution is 2.19. The van der Waals surface area contributed by atoms with Crippen LogP contribution < -0.4 is 10.1 Å². The number of rotatable bonds is 6. The average Bonchev–Trinajstić information content (AvgIpc) is 3.40. The number of benzene rings is 2. The lowest BCUT2D eigenvalue weighted by atomic mass is 10.2. The topological polar surface area (TPSA) is 78.3 Å². The fourth-order valence-corrected chi connectivity index (χ4v) is 2.99. The molecule has 0 bridgehead atoms. The van der Waals surface area contributed by atoms with E-state index in [1.54, 1.807) is 23.0 Å². The van der Waals surface area contributed by atoms with Crippen molar-refractivity contribution in [2.45, 2.75) is 25.9 Å². The van der Waals surface area contributed by atoms with Gasteiger partial charge in [-0.1, -0.05) is 22.9 Å². The number of aromatic nitrogens is 3. The molecule has 1 atom stereocenters. The summed E-state index contributed by atoms with van der Waals surface area (Å²) >= 11 is 0. The van der Waals surface area contributed by atoms with Crippen LogP contribution in [0.1, 0.15) is 28.9 Å². The summed E-state index contributed by atoms with van der Waals surface area (Å²) in [7, 11) is 0. The van der Waals surface area contributed by atoms with E-state index in [2.05, 4.69) is 15.6 Å². The highest BCUT2D eigenvalue weighted by atomic mass is 16.5. The lowest BCUT2D eigenvalue weighted by Gasteiger charge is -2.11. The molecule has 1 aliphatic heterocycles. The SMILES string of the molecule is Cc1ccc(-n2cc(C(=O)Nc3ccc(OCC4CCCO4)cc3)nn2)cc1. The predicted molar refractivity (Wildman–Crippen MR) is 105 cm³/mol. The van der Waals surface area contributed by atoms with Crippen LogP contribution in [0, 0.1) is 6.92 Å². The Labute approximate surface area is 163 Å². The molecule has 1 amide bonds. The molecule has 7 heteroatoms. The molecule has 144 valence electrons. The van der Waals surface area contributed by atoms with Crippen molar-refractivity contribution in [2.75, 3.05) is 18.5 Å². The Morgan fingerprint density at radius 3 is 2.71 bits per heavy atom. The van der Waals surface area contributed by atoms with E-state index in [-0.39, 0.29) is 17.7 Å². The van der Waals surface area contributed by atoms with E-state index >= 15 is 0 Å². The molecule has 1 unspecified atom stereocenters. The van der Waals surface area contributed by atoms with Gasteiger partial charge in [0.25, 0.3) is 5.91 Å². The van der Waals surface area contributed by atoms with Crippen molar-refractivity contribution in [3.63, 3.8) is 0 Å². The molecule has 1 aliphatic rings. The van der Waals surface area contributed by atoms with E-state index in [1.807, 2.05) is 43.3 Å². The van der Waals surface area contributed by atoms with Crippen LogP contribution in [-0.4, -0.2) is 40.2 Å². The molecule has 4 rings (SSSR count). The molecule has 0 saturated carbocycles. The molecule has 28 heavy (non-hydrogen) atoms. The van der Waals surface area contributed by atoms with Gasteiger partial charge in [-0.2, -0.15) is 0 Å². The number of nitrogens with one attached hydrogen (secondary N) is 1. The molecule has 1 fully saturated rings. The number of carbonyl (C=O) groups is 1. The third kappa shape index (κ3) is 4.37. The van der Waals surface area contributed by atoms with Gasteiger partial charge in [-0.3, -0.25) is 4.79 Å². The number of hydrogen-bond donors (Lipinski definition) is 1. The molecule has 3 aromatic rings. The molecular formula is C21H22N4O3. The molecule has 7 nitrogen and oxygen atoms in total. The Kier molecular flexibility index (Phi) is 5.34. The minimum absolute atomic E-state index is 0.176. The quantitative estimate of drug-likeness (QED) is 0.711. The Bertz CT molecular complexity index is 929. The minimum Gasteiger partial charge on any atom is -0.491 e. The van der Waals surface area contributed by atoms with Gasteiger partial charge in [0.1, 0.15) is 12.4 Å². The van der Waals surface area contributed by atoms with Gasteiger partial charge >= 0.3 is 0 Å². The van der Waals surface area contributed by atoms with E-state index in [9.17, 15) is 4.79 Å². The largest absolute Gasteiger partial charge is 0.491 e. The molecule has 2 heterocycles. The summed E-state index contributed by atoms with van der Waals surface area (Å²) < 4.78 is 12.9. The van der Waals surface area contributed by atoms with E-state index in [4.69, 9.17) is 9.47 Å². The van der Waals surface area contributed by atoms with E-state index in [0.29, 0.717) is 12.3 Å². The molecule has 1 N–H and O–H groups in total. The molecule has 0 radical (unpaired) electrons. The van der Waals surface area contributed by atoms with Gasteiger partial charge in [0.2, 0.25) is 0 Å². The van der Waals surface area contributed by atoms with Crippen LogP contribution in [0.4, 0.5) is 5.69 Å². The van der Waals surface area contributed by atoms with Gasteiger partial charge in [-0.05, 0) is 56.2 Å². The van der Waals surface area contributed by atoms with E-state index < -0.39 is 0 Å². The van der Waals surface area contributed by atoms with Gasteiger partial charge < -0.3 is 14.8 Å². The zero-order valence-electron chi connectivity index (χ0n) is 15.7. The number of carbonyl (C=O) groups excluding carboxylic acids is 1. The molecular weight excluding hydrogens is 356 g/mol. The molecule has 1 saturated heterocycles. The lowest BCUT2D eigenvalue weighted by Crippen LogP contribution is -2.16. The third-order valence-electron chi connectivity index (χ3n) is 4.60. The normalized spacial score (nSPS) is 16.1. The van der Waals surface area contributed by atoms with Crippen molar-refractivity contribution in [3.05, 3.63) is 66.0 Å². The zero-order chi connectivity index (χ0) is 19.3. The summed E-state index contributed by atoms with van der Waals surface area (Å²) in [5, 5.41) is 10.8. The fraction of sp³-hybridized carbons (Fsp3) is 0.286. The number of hydrogen-bond acceptors (Lipinski definition) is 5. The van der Waals surface area contributed by atoms with Crippen molar-refractivity contribution in [1.82, 2.24) is 15.0 Å². The number of amides is 1. The predicted octanol–water partition coefficient (Wildman–Crippen LogP) is 3.39. The van der Waals surface area contributed by atoms with Crippen LogP contribution >= 0.6 is 0 Å². The van der Waals surface area contributed by atoms with Gasteiger partial charge in [-0.15, -0.1) is 5.10 Å². The summed E-state index contributed by atoms with van der Waals surface area (Å²) in [4.78, 5) is 12.4. The summed E-state index contributed by atoms with van der Waals surface area (Å²) in [6, 6.07) is 15.1. The van der Waals surface area contributed by atoms with Crippen LogP contribution in [0.25, 0.3) is 5.69 Å². The summed E-state index contributed by atoms with van der Waals surface area (Å²) in [5.41, 5.74) is 2.92. The van der Waals surface area contributed by atoms with Crippen molar-refractivity contribution in [1.29, 1.82) is 0 Å². The minimum atomic E-state index is -0.314. The first-order valence-corrected chi connectivity index (χ1v) is 9.32. The maximum atomic E-state index is 12.4. The van der Waals surface area contributed by atoms with Crippen molar-refractivity contribution in [2.24, 2.45) is 0 Å². The highest BCUT2D eigenvalue weighted by Gasteiger charge is 2.16. The standard InChI is InChI=1S/C21H22N4O3/c1-15-4-8-17(9-5-15)25-13-20(23-24-25)21(26)22-16-6-10-18(11-7-16)28-14-19-3-2-12-27-19/h4-11,13,19H,2-3,12,14H2,1H3,(H,22,26). The lowest BCUT2D eigenvalue weighted by molar-refractivity contribution is 0.0679. The maximum Gasteiger partial charge on any atom is 0.277 e. The number of nitrogens with zero attached hydrogens (tertiary/aromatic N) is 3. The summed E-state index contributed by atoms with van der Waals surface area (Å²) in [5.74, 6) is 0.435. The van der Waals surface area contributed by atoms with Gasteiger partial charge in [0, 0.05) is 12.3 Å². The average molecular weight is 378 g/mol. The fourth-order valence-electron chi connectivity index (χ4n) is 2.99. The van der Waals surface area contributed by atoms with Gasteiger partial charge in [0.05, 0.1) is 18.0 Å². The monoisotopic (exact) mass is 378 g/mol. The van der Waals surface area contributed by atoms with Crippen LogP contribution in [0.2, 0.25) is 0 Å². The smallest absolute Gasteiger partial charge is 0.277 e. The van der Waals surface area contributed by atoms with Gasteiger partial charge in [-0.25, -0.2) is 4.68 Å². The van der Waals surface area contributed by atoms with Crippen LogP contribution in [-0.2, 0) is 4.74 Å². The highest BCUT2D eigenvalue weighted by molar-refractivity contribution is 6.02. The Morgan fingerprint density at radius 2 is 2.00 bits per heavy atom. The van der Waals surface area contributed by atoms with Crippen LogP contribution in [0.15, 0.2) is 54.7 Å². The van der Waals surface area contributed by atoms with Gasteiger partial charge in [0.15, 0.2) is 5.69 Å². The second-order valence-corrected chi connectivity index (χ2v) is 6.81. The van der Waals surface area contributed by atoms with Crippen molar-refractivity contribution in [3.8, 4) is 11.4 Å². The Balaban J connectivity index is 1.35. The maximum absolute atomic E-state index is 12.4. The number of anilines is 1. The third-order valence-corrected chi connectivity index (χ3v) is 4.60. The number of ether oxygens (including phenoxy) is 2. The van der Waals surface area contributed by atoms with E-state index in [1.165, 1.54) is 0 Å². The first kappa shape index (κ1) is 18.2. The van der Waals surface area contributed by atoms with Crippen LogP contribution in [0.3, 0.4) is 0 Å². The Morgan fingerprint density at radius 1 is 1.21 bits per heavy atom. The zero-order valence-corrected chi connectivity index (χ0v) is 15.7. The number of aryl methyl sites for hydroxylation is 1. The summed E-state index contributed by atoms with van der Waals surface area (Å²) in [6.45, 7) is 3.38. The Hall–Kier alpha value is -3.19. The van der Waals surface area contributed by atoms with Crippen molar-refractivity contribution < 1.29 is 14.3 Å². The molecule has 2 aromatic carbocycles. The van der Waals surface area contributed by atoms with Crippen molar-refractivity contribution >= 4 is 11.6 Å². The summed E-state index contributed by atoms with van der Waals surface area (Å²) in [6.07, 6.45) is 3.92. The second kappa shape index (κ2) is 8.22. The molecule has 0 aliphatic carbocycles.